The number of benzene rings is 1. The molecule has 7 heteroatoms. The highest BCUT2D eigenvalue weighted by molar-refractivity contribution is 9.10. The predicted octanol–water partition coefficient (Wildman–Crippen LogP) is 2.19. The molecule has 0 radical (unpaired) electrons. The Balaban J connectivity index is 2.18. The number of nitrogens with zero attached hydrogens (tertiary/aromatic N) is 3. The fourth-order valence-electron chi connectivity index (χ4n) is 1.40. The van der Waals surface area contributed by atoms with Crippen molar-refractivity contribution < 1.29 is 14.3 Å². The van der Waals surface area contributed by atoms with Gasteiger partial charge in [-0.1, -0.05) is 5.21 Å². The minimum absolute atomic E-state index is 0.00656. The van der Waals surface area contributed by atoms with Crippen LogP contribution in [0.4, 0.5) is 4.39 Å². The molecule has 0 saturated heterocycles. The lowest BCUT2D eigenvalue weighted by atomic mass is 10.2. The highest BCUT2D eigenvalue weighted by Crippen LogP contribution is 2.18. The second kappa shape index (κ2) is 5.26. The summed E-state index contributed by atoms with van der Waals surface area (Å²) in [7, 11) is 0. The summed E-state index contributed by atoms with van der Waals surface area (Å²) in [6.45, 7) is 0. The molecule has 18 heavy (non-hydrogen) atoms. The summed E-state index contributed by atoms with van der Waals surface area (Å²) in [5.41, 5.74) is 1.09. The van der Waals surface area contributed by atoms with Gasteiger partial charge in [-0.25, -0.2) is 9.07 Å². The highest BCUT2D eigenvalue weighted by atomic mass is 79.9. The number of rotatable bonds is 4. The van der Waals surface area contributed by atoms with Crippen LogP contribution in [0.5, 0.6) is 0 Å². The first-order chi connectivity index (χ1) is 8.56. The van der Waals surface area contributed by atoms with Gasteiger partial charge in [0, 0.05) is 12.5 Å². The van der Waals surface area contributed by atoms with Crippen LogP contribution >= 0.6 is 15.9 Å². The van der Waals surface area contributed by atoms with Gasteiger partial charge in [0.2, 0.25) is 0 Å². The van der Waals surface area contributed by atoms with E-state index < -0.39 is 11.8 Å². The van der Waals surface area contributed by atoms with Crippen LogP contribution in [0.3, 0.4) is 0 Å². The molecule has 0 aliphatic carbocycles. The molecule has 0 fully saturated rings. The Bertz CT molecular complexity index is 585. The van der Waals surface area contributed by atoms with Crippen LogP contribution in [0.25, 0.3) is 5.69 Å². The summed E-state index contributed by atoms with van der Waals surface area (Å²) >= 11 is 3.06. The molecule has 0 saturated carbocycles. The van der Waals surface area contributed by atoms with Gasteiger partial charge in [0.05, 0.1) is 28.5 Å². The Morgan fingerprint density at radius 1 is 1.50 bits per heavy atom. The van der Waals surface area contributed by atoms with Crippen molar-refractivity contribution in [3.8, 4) is 5.69 Å². The van der Waals surface area contributed by atoms with Crippen molar-refractivity contribution in [1.29, 1.82) is 0 Å². The third-order valence-electron chi connectivity index (χ3n) is 2.30. The molecule has 1 N–H and O–H groups in total. The first-order valence-electron chi connectivity index (χ1n) is 5.14. The number of carbonyl (C=O) groups is 1. The van der Waals surface area contributed by atoms with Crippen LogP contribution in [0, 0.1) is 5.82 Å². The van der Waals surface area contributed by atoms with E-state index in [2.05, 4.69) is 26.2 Å². The van der Waals surface area contributed by atoms with Crippen molar-refractivity contribution in [2.24, 2.45) is 0 Å². The molecular formula is C11H9BrFN3O2. The summed E-state index contributed by atoms with van der Waals surface area (Å²) in [6.07, 6.45) is 1.88. The molecule has 0 spiro atoms. The molecule has 2 aromatic rings. The molecule has 1 heterocycles. The third-order valence-corrected chi connectivity index (χ3v) is 2.95. The van der Waals surface area contributed by atoms with Gasteiger partial charge in [-0.15, -0.1) is 5.10 Å². The van der Waals surface area contributed by atoms with Crippen molar-refractivity contribution in [3.05, 3.63) is 40.4 Å². The van der Waals surface area contributed by atoms with Gasteiger partial charge in [0.15, 0.2) is 0 Å². The standard InChI is InChI=1S/C11H9BrFN3O2/c12-9-3-2-8(5-10(9)13)16-6-7(14-15-16)1-4-11(17)18/h2-3,5-6H,1,4H2,(H,17,18). The van der Waals surface area contributed by atoms with E-state index in [4.69, 9.17) is 5.11 Å². The zero-order valence-electron chi connectivity index (χ0n) is 9.18. The maximum absolute atomic E-state index is 13.3. The summed E-state index contributed by atoms with van der Waals surface area (Å²) < 4.78 is 15.1. The number of carboxylic acids is 1. The van der Waals surface area contributed by atoms with Crippen LogP contribution in [0.15, 0.2) is 28.9 Å². The normalized spacial score (nSPS) is 10.6. The molecule has 5 nitrogen and oxygen atoms in total. The molecule has 94 valence electrons. The third kappa shape index (κ3) is 2.92. The van der Waals surface area contributed by atoms with E-state index in [1.54, 1.807) is 18.3 Å². The van der Waals surface area contributed by atoms with Gasteiger partial charge < -0.3 is 5.11 Å². The molecule has 0 bridgehead atoms. The van der Waals surface area contributed by atoms with Crippen LogP contribution in [-0.2, 0) is 11.2 Å². The van der Waals surface area contributed by atoms with Gasteiger partial charge in [-0.2, -0.15) is 0 Å². The van der Waals surface area contributed by atoms with E-state index in [0.717, 1.165) is 0 Å². The van der Waals surface area contributed by atoms with E-state index in [0.29, 0.717) is 22.3 Å². The summed E-state index contributed by atoms with van der Waals surface area (Å²) in [5, 5.41) is 16.2. The van der Waals surface area contributed by atoms with E-state index in [1.807, 2.05) is 0 Å². The van der Waals surface area contributed by atoms with Crippen LogP contribution < -0.4 is 0 Å². The first-order valence-corrected chi connectivity index (χ1v) is 5.94. The molecule has 1 aromatic heterocycles. The molecule has 1 aromatic carbocycles. The number of carboxylic acid groups (broad SMARTS) is 1. The number of aliphatic carboxylic acids is 1. The SMILES string of the molecule is O=C(O)CCc1cn(-c2ccc(Br)c(F)c2)nn1. The number of aryl methyl sites for hydroxylation is 1. The zero-order valence-corrected chi connectivity index (χ0v) is 10.8. The smallest absolute Gasteiger partial charge is 0.303 e. The summed E-state index contributed by atoms with van der Waals surface area (Å²) in [4.78, 5) is 10.4. The second-order valence-electron chi connectivity index (χ2n) is 3.65. The van der Waals surface area contributed by atoms with Crippen molar-refractivity contribution >= 4 is 21.9 Å². The Morgan fingerprint density at radius 3 is 2.94 bits per heavy atom. The quantitative estimate of drug-likeness (QED) is 0.939. The molecule has 0 aliphatic heterocycles. The first kappa shape index (κ1) is 12.7. The molecule has 0 amide bonds. The van der Waals surface area contributed by atoms with Crippen molar-refractivity contribution in [2.75, 3.05) is 0 Å². The lowest BCUT2D eigenvalue weighted by molar-refractivity contribution is -0.136. The van der Waals surface area contributed by atoms with Gasteiger partial charge in [-0.05, 0) is 28.1 Å². The van der Waals surface area contributed by atoms with Gasteiger partial charge in [0.1, 0.15) is 5.82 Å². The summed E-state index contributed by atoms with van der Waals surface area (Å²) in [6, 6.07) is 4.58. The van der Waals surface area contributed by atoms with Crippen molar-refractivity contribution in [1.82, 2.24) is 15.0 Å². The topological polar surface area (TPSA) is 68.0 Å². The van der Waals surface area contributed by atoms with Gasteiger partial charge in [-0.3, -0.25) is 4.79 Å². The Hall–Kier alpha value is -1.76. The molecule has 0 aliphatic rings. The molecular weight excluding hydrogens is 305 g/mol. The largest absolute Gasteiger partial charge is 0.481 e. The van der Waals surface area contributed by atoms with E-state index in [-0.39, 0.29) is 6.42 Å². The summed E-state index contributed by atoms with van der Waals surface area (Å²) in [5.74, 6) is -1.28. The van der Waals surface area contributed by atoms with Gasteiger partial charge in [0.25, 0.3) is 0 Å². The predicted molar refractivity (Wildman–Crippen MR) is 65.0 cm³/mol. The Morgan fingerprint density at radius 2 is 2.28 bits per heavy atom. The van der Waals surface area contributed by atoms with E-state index in [1.165, 1.54) is 10.7 Å². The fraction of sp³-hybridized carbons (Fsp3) is 0.182. The fourth-order valence-corrected chi connectivity index (χ4v) is 1.65. The maximum atomic E-state index is 13.3. The van der Waals surface area contributed by atoms with Crippen molar-refractivity contribution in [2.45, 2.75) is 12.8 Å². The average Bonchev–Trinajstić information content (AvgIpc) is 2.79. The van der Waals surface area contributed by atoms with Gasteiger partial charge >= 0.3 is 5.97 Å². The van der Waals surface area contributed by atoms with Crippen LogP contribution in [-0.4, -0.2) is 26.1 Å². The number of hydrogen-bond donors (Lipinski definition) is 1. The van der Waals surface area contributed by atoms with Crippen molar-refractivity contribution in [3.63, 3.8) is 0 Å². The Labute approximate surface area is 110 Å². The lowest BCUT2D eigenvalue weighted by Crippen LogP contribution is -1.97. The van der Waals surface area contributed by atoms with E-state index >= 15 is 0 Å². The van der Waals surface area contributed by atoms with Crippen LogP contribution in [0.2, 0.25) is 0 Å². The molecule has 2 rings (SSSR count). The second-order valence-corrected chi connectivity index (χ2v) is 4.50. The monoisotopic (exact) mass is 313 g/mol. The zero-order chi connectivity index (χ0) is 13.1. The number of hydrogen-bond acceptors (Lipinski definition) is 3. The van der Waals surface area contributed by atoms with Crippen LogP contribution in [0.1, 0.15) is 12.1 Å². The van der Waals surface area contributed by atoms with E-state index in [9.17, 15) is 9.18 Å². The highest BCUT2D eigenvalue weighted by Gasteiger charge is 2.07. The maximum Gasteiger partial charge on any atom is 0.303 e. The molecule has 0 unspecified atom stereocenters. The lowest BCUT2D eigenvalue weighted by Gasteiger charge is -2.00. The minimum Gasteiger partial charge on any atom is -0.481 e. The minimum atomic E-state index is -0.890. The Kier molecular flexibility index (Phi) is 3.71. The number of halogens is 2. The average molecular weight is 314 g/mol. The number of aromatic nitrogens is 3. The molecule has 0 atom stereocenters.